The number of esters is 1. The maximum absolute atomic E-state index is 14.1. The Morgan fingerprint density at radius 2 is 1.74 bits per heavy atom. The van der Waals surface area contributed by atoms with Crippen molar-refractivity contribution in [3.05, 3.63) is 98.9 Å². The number of carbonyl (C=O) groups excluding carboxylic acids is 1. The topological polar surface area (TPSA) is 78.2 Å². The highest BCUT2D eigenvalue weighted by Crippen LogP contribution is 2.41. The summed E-state index contributed by atoms with van der Waals surface area (Å²) in [6.07, 6.45) is -5.02. The Labute approximate surface area is 221 Å². The Hall–Kier alpha value is -4.31. The lowest BCUT2D eigenvalue weighted by Crippen LogP contribution is -2.32. The molecule has 3 aromatic carbocycles. The van der Waals surface area contributed by atoms with Crippen LogP contribution in [0.4, 0.5) is 13.2 Å². The van der Waals surface area contributed by atoms with Crippen LogP contribution < -0.4 is 14.9 Å². The highest BCUT2D eigenvalue weighted by molar-refractivity contribution is 5.89. The van der Waals surface area contributed by atoms with Crippen LogP contribution in [-0.2, 0) is 24.0 Å². The number of halogens is 3. The van der Waals surface area contributed by atoms with Crippen LogP contribution in [0.1, 0.15) is 39.7 Å². The standard InChI is InChI=1S/C29H24F3NO6/c1-3-36-28(35)19-8-10-20(11-9-19)38-26-24(34)21-12-13-23-22(25(21)39-27(26)29(30,31)32)15-33(16-37-23)14-18-6-4-17(2)5-7-18/h4-13H,3,14-16H2,1-2H3. The van der Waals surface area contributed by atoms with E-state index in [-0.39, 0.29) is 42.2 Å². The monoisotopic (exact) mass is 539 g/mol. The quantitative estimate of drug-likeness (QED) is 0.261. The number of nitrogens with zero attached hydrogens (tertiary/aromatic N) is 1. The molecular formula is C29H24F3NO6. The van der Waals surface area contributed by atoms with Gasteiger partial charge in [-0.15, -0.1) is 0 Å². The van der Waals surface area contributed by atoms with Crippen molar-refractivity contribution >= 4 is 16.9 Å². The summed E-state index contributed by atoms with van der Waals surface area (Å²) in [6.45, 7) is 4.74. The van der Waals surface area contributed by atoms with E-state index in [0.717, 1.165) is 11.1 Å². The van der Waals surface area contributed by atoms with Crippen molar-refractivity contribution < 1.29 is 36.6 Å². The normalized spacial score (nSPS) is 13.6. The van der Waals surface area contributed by atoms with Crippen LogP contribution >= 0.6 is 0 Å². The first-order chi connectivity index (χ1) is 18.6. The molecule has 4 aromatic rings. The number of fused-ring (bicyclic) bond motifs is 3. The molecule has 0 fully saturated rings. The van der Waals surface area contributed by atoms with Crippen LogP contribution in [0.3, 0.4) is 0 Å². The van der Waals surface area contributed by atoms with Crippen molar-refractivity contribution in [2.75, 3.05) is 13.3 Å². The van der Waals surface area contributed by atoms with Crippen LogP contribution in [0.2, 0.25) is 0 Å². The minimum absolute atomic E-state index is 0.0688. The highest BCUT2D eigenvalue weighted by Gasteiger charge is 2.41. The van der Waals surface area contributed by atoms with Gasteiger partial charge in [-0.25, -0.2) is 4.79 Å². The number of benzene rings is 3. The van der Waals surface area contributed by atoms with Gasteiger partial charge in [-0.2, -0.15) is 13.2 Å². The average Bonchev–Trinajstić information content (AvgIpc) is 2.91. The molecule has 0 unspecified atom stereocenters. The number of hydrogen-bond acceptors (Lipinski definition) is 7. The van der Waals surface area contributed by atoms with E-state index in [9.17, 15) is 22.8 Å². The van der Waals surface area contributed by atoms with E-state index in [4.69, 9.17) is 18.6 Å². The molecule has 0 saturated heterocycles. The molecule has 1 aromatic heterocycles. The number of carbonyl (C=O) groups is 1. The van der Waals surface area contributed by atoms with Gasteiger partial charge in [0.25, 0.3) is 5.76 Å². The third-order valence-corrected chi connectivity index (χ3v) is 6.23. The molecular weight excluding hydrogens is 515 g/mol. The van der Waals surface area contributed by atoms with Crippen LogP contribution in [0.5, 0.6) is 17.2 Å². The Morgan fingerprint density at radius 3 is 2.41 bits per heavy atom. The second-order valence-corrected chi connectivity index (χ2v) is 9.10. The Kier molecular flexibility index (Phi) is 7.05. The predicted molar refractivity (Wildman–Crippen MR) is 136 cm³/mol. The molecule has 0 saturated carbocycles. The van der Waals surface area contributed by atoms with Crippen molar-refractivity contribution in [3.63, 3.8) is 0 Å². The maximum atomic E-state index is 14.1. The van der Waals surface area contributed by atoms with Gasteiger partial charge in [-0.3, -0.25) is 9.69 Å². The number of alkyl halides is 3. The largest absolute Gasteiger partial charge is 0.478 e. The van der Waals surface area contributed by atoms with Crippen LogP contribution in [0, 0.1) is 6.92 Å². The lowest BCUT2D eigenvalue weighted by Gasteiger charge is -2.29. The molecule has 39 heavy (non-hydrogen) atoms. The van der Waals surface area contributed by atoms with Gasteiger partial charge in [0.05, 0.1) is 23.1 Å². The molecule has 0 N–H and O–H groups in total. The first kappa shape index (κ1) is 26.3. The summed E-state index contributed by atoms with van der Waals surface area (Å²) in [4.78, 5) is 27.1. The van der Waals surface area contributed by atoms with Gasteiger partial charge in [0, 0.05) is 13.1 Å². The number of ether oxygens (including phenoxy) is 3. The lowest BCUT2D eigenvalue weighted by molar-refractivity contribution is -0.154. The summed E-state index contributed by atoms with van der Waals surface area (Å²) >= 11 is 0. The van der Waals surface area contributed by atoms with Crippen LogP contribution in [0.15, 0.2) is 69.9 Å². The first-order valence-corrected chi connectivity index (χ1v) is 12.2. The zero-order chi connectivity index (χ0) is 27.7. The maximum Gasteiger partial charge on any atom is 0.453 e. The minimum Gasteiger partial charge on any atom is -0.478 e. The van der Waals surface area contributed by atoms with Crippen molar-refractivity contribution in [2.24, 2.45) is 0 Å². The number of aryl methyl sites for hydroxylation is 1. The summed E-state index contributed by atoms with van der Waals surface area (Å²) in [6, 6.07) is 16.0. The predicted octanol–water partition coefficient (Wildman–Crippen LogP) is 6.44. The van der Waals surface area contributed by atoms with E-state index in [1.165, 1.54) is 30.3 Å². The van der Waals surface area contributed by atoms with Gasteiger partial charge in [-0.1, -0.05) is 29.8 Å². The highest BCUT2D eigenvalue weighted by atomic mass is 19.4. The lowest BCUT2D eigenvalue weighted by atomic mass is 10.1. The zero-order valence-corrected chi connectivity index (χ0v) is 21.1. The molecule has 1 aliphatic heterocycles. The molecule has 2 heterocycles. The van der Waals surface area contributed by atoms with E-state index < -0.39 is 29.1 Å². The molecule has 10 heteroatoms. The summed E-state index contributed by atoms with van der Waals surface area (Å²) < 4.78 is 63.9. The van der Waals surface area contributed by atoms with E-state index in [1.807, 2.05) is 36.1 Å². The van der Waals surface area contributed by atoms with E-state index in [1.54, 1.807) is 13.0 Å². The third kappa shape index (κ3) is 5.46. The smallest absolute Gasteiger partial charge is 0.453 e. The summed E-state index contributed by atoms with van der Waals surface area (Å²) in [5.41, 5.74) is 1.47. The van der Waals surface area contributed by atoms with E-state index in [2.05, 4.69) is 0 Å². The fraction of sp³-hybridized carbons (Fsp3) is 0.241. The molecule has 202 valence electrons. The first-order valence-electron chi connectivity index (χ1n) is 12.2. The zero-order valence-electron chi connectivity index (χ0n) is 21.1. The Balaban J connectivity index is 1.52. The Bertz CT molecular complexity index is 1580. The Morgan fingerprint density at radius 1 is 1.03 bits per heavy atom. The molecule has 1 aliphatic rings. The molecule has 0 amide bonds. The van der Waals surface area contributed by atoms with Gasteiger partial charge < -0.3 is 18.6 Å². The third-order valence-electron chi connectivity index (χ3n) is 6.23. The molecule has 0 radical (unpaired) electrons. The fourth-order valence-electron chi connectivity index (χ4n) is 4.32. The van der Waals surface area contributed by atoms with Gasteiger partial charge in [-0.05, 0) is 55.8 Å². The molecule has 0 atom stereocenters. The van der Waals surface area contributed by atoms with Crippen molar-refractivity contribution in [2.45, 2.75) is 33.1 Å². The number of hydrogen-bond donors (Lipinski definition) is 0. The molecule has 7 nitrogen and oxygen atoms in total. The molecule has 0 spiro atoms. The van der Waals surface area contributed by atoms with Crippen LogP contribution in [-0.4, -0.2) is 24.2 Å². The molecule has 0 bridgehead atoms. The van der Waals surface area contributed by atoms with Crippen molar-refractivity contribution in [3.8, 4) is 17.2 Å². The van der Waals surface area contributed by atoms with Gasteiger partial charge in [0.15, 0.2) is 0 Å². The second kappa shape index (κ2) is 10.5. The number of rotatable bonds is 6. The molecule has 5 rings (SSSR count). The van der Waals surface area contributed by atoms with Crippen LogP contribution in [0.25, 0.3) is 11.0 Å². The SMILES string of the molecule is CCOC(=O)c1ccc(Oc2c(C(F)(F)F)oc3c4c(ccc3c2=O)OCN(Cc2ccc(C)cc2)C4)cc1. The van der Waals surface area contributed by atoms with E-state index >= 15 is 0 Å². The summed E-state index contributed by atoms with van der Waals surface area (Å²) in [7, 11) is 0. The molecule has 0 aliphatic carbocycles. The van der Waals surface area contributed by atoms with Crippen molar-refractivity contribution in [1.29, 1.82) is 0 Å². The van der Waals surface area contributed by atoms with Gasteiger partial charge >= 0.3 is 12.1 Å². The van der Waals surface area contributed by atoms with Crippen molar-refractivity contribution in [1.82, 2.24) is 4.90 Å². The summed E-state index contributed by atoms with van der Waals surface area (Å²) in [5.74, 6) is -2.87. The van der Waals surface area contributed by atoms with Gasteiger partial charge in [0.2, 0.25) is 11.2 Å². The van der Waals surface area contributed by atoms with Gasteiger partial charge in [0.1, 0.15) is 23.8 Å². The summed E-state index contributed by atoms with van der Waals surface area (Å²) in [5, 5.41) is -0.0688. The van der Waals surface area contributed by atoms with E-state index in [0.29, 0.717) is 17.9 Å². The minimum atomic E-state index is -5.02. The average molecular weight is 540 g/mol. The fourth-order valence-corrected chi connectivity index (χ4v) is 4.32. The second-order valence-electron chi connectivity index (χ2n) is 9.10.